The van der Waals surface area contributed by atoms with Crippen LogP contribution in [0.1, 0.15) is 12.5 Å². The zero-order valence-electron chi connectivity index (χ0n) is 7.54. The van der Waals surface area contributed by atoms with Crippen LogP contribution in [0, 0.1) is 0 Å². The number of rotatable bonds is 4. The van der Waals surface area contributed by atoms with Gasteiger partial charge in [0, 0.05) is 0 Å². The normalized spacial score (nSPS) is 11.1. The van der Waals surface area contributed by atoms with Gasteiger partial charge in [-0.2, -0.15) is 0 Å². The Morgan fingerprint density at radius 3 is 2.83 bits per heavy atom. The summed E-state index contributed by atoms with van der Waals surface area (Å²) in [5, 5.41) is 0. The summed E-state index contributed by atoms with van der Waals surface area (Å²) in [7, 11) is 0. The maximum absolute atomic E-state index is 5.62. The summed E-state index contributed by atoms with van der Waals surface area (Å²) in [6.07, 6.45) is 1.04. The Hall–Kier alpha value is 0.577. The van der Waals surface area contributed by atoms with Crippen molar-refractivity contribution in [1.82, 2.24) is 0 Å². The van der Waals surface area contributed by atoms with Gasteiger partial charge >= 0.3 is 98.3 Å². The van der Waals surface area contributed by atoms with Gasteiger partial charge in [-0.15, -0.1) is 0 Å². The van der Waals surface area contributed by atoms with Crippen LogP contribution in [-0.2, 0) is 7.83 Å². The molecule has 0 unspecified atom stereocenters. The third kappa shape index (κ3) is 3.14. The fourth-order valence-electron chi connectivity index (χ4n) is 1.06. The van der Waals surface area contributed by atoms with Crippen molar-refractivity contribution in [2.45, 2.75) is 13.3 Å². The number of para-hydroxylation sites is 1. The van der Waals surface area contributed by atoms with E-state index in [0.29, 0.717) is 22.9 Å². The van der Waals surface area contributed by atoms with E-state index in [1.165, 1.54) is 5.56 Å². The molecule has 0 amide bonds. The topological polar surface area (TPSA) is 18.5 Å². The Kier molecular flexibility index (Phi) is 5.41. The number of hydrogen-bond acceptors (Lipinski definition) is 2. The summed E-state index contributed by atoms with van der Waals surface area (Å²) < 4.78 is 10.9. The van der Waals surface area contributed by atoms with Crippen LogP contribution in [0.2, 0.25) is 0 Å². The first-order valence-electron chi connectivity index (χ1n) is 4.08. The molecule has 4 heteroatoms. The van der Waals surface area contributed by atoms with Gasteiger partial charge in [0.15, 0.2) is 0 Å². The molecule has 0 saturated heterocycles. The van der Waals surface area contributed by atoms with Crippen LogP contribution in [0.3, 0.4) is 0 Å². The summed E-state index contributed by atoms with van der Waals surface area (Å²) in [6, 6.07) is 8.21. The van der Waals surface area contributed by atoms with E-state index in [-0.39, 0.29) is 0 Å². The van der Waals surface area contributed by atoms with Crippen LogP contribution in [0.4, 0.5) is 0 Å². The van der Waals surface area contributed by atoms with Crippen molar-refractivity contribution in [3.05, 3.63) is 29.8 Å². The van der Waals surface area contributed by atoms with Gasteiger partial charge < -0.3 is 0 Å². The first-order chi connectivity index (χ1) is 5.88. The maximum atomic E-state index is 5.62. The van der Waals surface area contributed by atoms with E-state index in [9.17, 15) is 0 Å². The van der Waals surface area contributed by atoms with E-state index in [2.05, 4.69) is 13.0 Å². The average Bonchev–Trinajstić information content (AvgIpc) is 2.15. The summed E-state index contributed by atoms with van der Waals surface area (Å²) in [5.74, 6) is 1.05. The molecular weight excluding hydrogens is 366 g/mol. The van der Waals surface area contributed by atoms with Crippen LogP contribution in [0.15, 0.2) is 24.3 Å². The minimum absolute atomic E-state index is 0.359. The number of benzene rings is 1. The van der Waals surface area contributed by atoms with E-state index in [1.807, 2.05) is 18.2 Å². The number of aryl methyl sites for hydroxylation is 1. The average molecular weight is 380 g/mol. The molecule has 1 aromatic carbocycles. The first-order valence-corrected chi connectivity index (χ1v) is 9.70. The predicted molar refractivity (Wildman–Crippen MR) is 56.0 cm³/mol. The van der Waals surface area contributed by atoms with Gasteiger partial charge in [0.1, 0.15) is 0 Å². The van der Waals surface area contributed by atoms with Crippen molar-refractivity contribution in [3.8, 4) is 5.75 Å². The zero-order valence-corrected chi connectivity index (χ0v) is 17.3. The van der Waals surface area contributed by atoms with Crippen molar-refractivity contribution in [2.24, 2.45) is 0 Å². The molecular formula is C8H14O2Sn2. The van der Waals surface area contributed by atoms with E-state index < -0.39 is 22.0 Å². The second kappa shape index (κ2) is 6.10. The Bertz CT molecular complexity index is 240. The third-order valence-electron chi connectivity index (χ3n) is 1.69. The Balaban J connectivity index is 2.68. The van der Waals surface area contributed by atoms with Crippen molar-refractivity contribution in [1.29, 1.82) is 0 Å². The second-order valence-corrected chi connectivity index (χ2v) is 16.7. The van der Waals surface area contributed by atoms with Crippen molar-refractivity contribution in [2.75, 3.05) is 0 Å². The zero-order chi connectivity index (χ0) is 8.81. The monoisotopic (exact) mass is 382 g/mol. The summed E-state index contributed by atoms with van der Waals surface area (Å²) in [4.78, 5) is 0. The van der Waals surface area contributed by atoms with Crippen LogP contribution in [-0.4, -0.2) is 44.9 Å². The summed E-state index contributed by atoms with van der Waals surface area (Å²) in [5.41, 5.74) is 1.29. The molecule has 0 spiro atoms. The molecule has 0 heterocycles. The Morgan fingerprint density at radius 1 is 1.42 bits per heavy atom. The molecule has 0 bridgehead atoms. The fraction of sp³-hybridized carbons (Fsp3) is 0.250. The van der Waals surface area contributed by atoms with E-state index >= 15 is 0 Å². The van der Waals surface area contributed by atoms with Crippen molar-refractivity contribution < 1.29 is 4.49 Å². The molecule has 1 aromatic rings. The van der Waals surface area contributed by atoms with Crippen LogP contribution in [0.5, 0.6) is 5.75 Å². The van der Waals surface area contributed by atoms with Gasteiger partial charge in [-0.25, -0.2) is 0 Å². The molecule has 66 valence electrons. The molecule has 0 aliphatic carbocycles. The Morgan fingerprint density at radius 2 is 2.17 bits per heavy atom. The molecule has 0 aliphatic heterocycles. The molecule has 0 atom stereocenters. The van der Waals surface area contributed by atoms with Crippen LogP contribution < -0.4 is 3.07 Å². The molecule has 0 N–H and O–H groups in total. The second-order valence-electron chi connectivity index (χ2n) is 2.51. The van der Waals surface area contributed by atoms with Crippen LogP contribution in [0.25, 0.3) is 0 Å². The molecule has 0 fully saturated rings. The molecule has 0 aliphatic rings. The predicted octanol–water partition coefficient (Wildman–Crippen LogP) is -0.0764. The Labute approximate surface area is 97.6 Å². The summed E-state index contributed by atoms with van der Waals surface area (Å²) in [6.45, 7) is 2.14. The molecule has 0 aromatic heterocycles. The van der Waals surface area contributed by atoms with Gasteiger partial charge in [-0.05, 0) is 0 Å². The number of hydrogen-bond donors (Lipinski definition) is 0. The van der Waals surface area contributed by atoms with Gasteiger partial charge in [0.2, 0.25) is 0 Å². The van der Waals surface area contributed by atoms with Gasteiger partial charge in [-0.1, -0.05) is 0 Å². The first kappa shape index (κ1) is 10.7. The third-order valence-corrected chi connectivity index (χ3v) is 8.10. The van der Waals surface area contributed by atoms with Gasteiger partial charge in [0.25, 0.3) is 0 Å². The molecule has 12 heavy (non-hydrogen) atoms. The van der Waals surface area contributed by atoms with E-state index in [1.54, 1.807) is 0 Å². The molecule has 2 nitrogen and oxygen atoms in total. The quantitative estimate of drug-likeness (QED) is 0.682. The van der Waals surface area contributed by atoms with Crippen molar-refractivity contribution >= 4 is 44.9 Å². The van der Waals surface area contributed by atoms with E-state index in [0.717, 1.165) is 12.2 Å². The van der Waals surface area contributed by atoms with Gasteiger partial charge in [-0.3, -0.25) is 0 Å². The van der Waals surface area contributed by atoms with Crippen molar-refractivity contribution in [3.63, 3.8) is 0 Å². The van der Waals surface area contributed by atoms with E-state index in [4.69, 9.17) is 4.49 Å². The molecule has 0 radical (unpaired) electrons. The SMILES string of the molecule is CCc1ccccc1[O][SnH2][O][SnH3]. The fourth-order valence-corrected chi connectivity index (χ4v) is 4.82. The summed E-state index contributed by atoms with van der Waals surface area (Å²) >= 11 is -0.930. The van der Waals surface area contributed by atoms with Gasteiger partial charge in [0.05, 0.1) is 0 Å². The molecule has 1 rings (SSSR count). The van der Waals surface area contributed by atoms with Crippen LogP contribution >= 0.6 is 0 Å². The minimum atomic E-state index is -1.29. The standard InChI is InChI=1S/C8H10O.O.2Sn.5H/c1-2-7-5-3-4-6-8(7)9;;;;;;;;/h3-6,9H,2H2,1H3;;;;;;;;/q;;;+1;;;;;/p-1. The molecule has 0 saturated carbocycles.